The Morgan fingerprint density at radius 1 is 1.27 bits per heavy atom. The van der Waals surface area contributed by atoms with Crippen LogP contribution in [0.15, 0.2) is 41.3 Å². The third-order valence-corrected chi connectivity index (χ3v) is 5.14. The summed E-state index contributed by atoms with van der Waals surface area (Å²) in [7, 11) is 1.58. The van der Waals surface area contributed by atoms with Crippen LogP contribution < -0.4 is 24.8 Å². The molecule has 2 aliphatic rings. The van der Waals surface area contributed by atoms with Crippen LogP contribution in [0.2, 0.25) is 5.02 Å². The predicted octanol–water partition coefficient (Wildman–Crippen LogP) is 3.68. The zero-order valence-electron chi connectivity index (χ0n) is 13.7. The summed E-state index contributed by atoms with van der Waals surface area (Å²) in [6, 6.07) is 10.8. The van der Waals surface area contributed by atoms with Gasteiger partial charge in [-0.3, -0.25) is 4.79 Å². The maximum atomic E-state index is 12.3. The molecule has 2 aliphatic heterocycles. The van der Waals surface area contributed by atoms with E-state index < -0.39 is 0 Å². The van der Waals surface area contributed by atoms with Crippen molar-refractivity contribution in [2.75, 3.05) is 19.2 Å². The highest BCUT2D eigenvalue weighted by atomic mass is 35.5. The Balaban J connectivity index is 1.51. The van der Waals surface area contributed by atoms with E-state index in [2.05, 4.69) is 10.6 Å². The highest BCUT2D eigenvalue weighted by molar-refractivity contribution is 8.05. The van der Waals surface area contributed by atoms with Crippen molar-refractivity contribution >= 4 is 41.0 Å². The molecule has 2 aromatic rings. The van der Waals surface area contributed by atoms with Gasteiger partial charge in [-0.15, -0.1) is 0 Å². The van der Waals surface area contributed by atoms with Crippen LogP contribution in [0.25, 0.3) is 6.08 Å². The van der Waals surface area contributed by atoms with E-state index >= 15 is 0 Å². The molecule has 134 valence electrons. The van der Waals surface area contributed by atoms with Gasteiger partial charge in [-0.25, -0.2) is 0 Å². The van der Waals surface area contributed by atoms with E-state index in [0.29, 0.717) is 32.9 Å². The number of amides is 1. The summed E-state index contributed by atoms with van der Waals surface area (Å²) in [5.41, 5.74) is 1.25. The smallest absolute Gasteiger partial charge is 0.260 e. The van der Waals surface area contributed by atoms with Gasteiger partial charge in [0, 0.05) is 5.02 Å². The maximum absolute atomic E-state index is 12.3. The lowest BCUT2D eigenvalue weighted by Gasteiger charge is -2.15. The number of carbonyl (C=O) groups excluding carboxylic acids is 1. The van der Waals surface area contributed by atoms with Gasteiger partial charge in [-0.1, -0.05) is 29.4 Å². The molecule has 0 saturated carbocycles. The highest BCUT2D eigenvalue weighted by Gasteiger charge is 2.28. The second kappa shape index (κ2) is 7.01. The fourth-order valence-electron chi connectivity index (χ4n) is 2.65. The van der Waals surface area contributed by atoms with Gasteiger partial charge in [-0.2, -0.15) is 0 Å². The molecule has 26 heavy (non-hydrogen) atoms. The number of methoxy groups -OCH3 is 1. The maximum Gasteiger partial charge on any atom is 0.260 e. The van der Waals surface area contributed by atoms with Crippen LogP contribution in [-0.4, -0.2) is 25.3 Å². The standard InChI is InChI=1S/C18H15ClN2O4S/c1-23-13-5-3-11(19)8-12(13)20-18-21-17(22)16(26-18)7-10-2-4-14-15(6-10)25-9-24-14/h2-8,18,20H,9H2,1H3,(H,21,22)/b16-7-. The van der Waals surface area contributed by atoms with Gasteiger partial charge in [0.15, 0.2) is 17.0 Å². The molecular formula is C18H15ClN2O4S. The molecule has 1 unspecified atom stereocenters. The number of rotatable bonds is 4. The molecule has 8 heteroatoms. The lowest BCUT2D eigenvalue weighted by molar-refractivity contribution is -0.116. The Kier molecular flexibility index (Phi) is 4.57. The summed E-state index contributed by atoms with van der Waals surface area (Å²) in [5.74, 6) is 1.90. The molecule has 1 amide bonds. The van der Waals surface area contributed by atoms with Crippen LogP contribution in [0.5, 0.6) is 17.2 Å². The van der Waals surface area contributed by atoms with Crippen molar-refractivity contribution < 1.29 is 19.0 Å². The van der Waals surface area contributed by atoms with E-state index in [4.69, 9.17) is 25.8 Å². The summed E-state index contributed by atoms with van der Waals surface area (Å²) >= 11 is 7.43. The first-order valence-corrected chi connectivity index (χ1v) is 9.07. The lowest BCUT2D eigenvalue weighted by Crippen LogP contribution is -2.31. The highest BCUT2D eigenvalue weighted by Crippen LogP contribution is 2.36. The van der Waals surface area contributed by atoms with Gasteiger partial charge in [0.2, 0.25) is 6.79 Å². The fraction of sp³-hybridized carbons (Fsp3) is 0.167. The Labute approximate surface area is 159 Å². The van der Waals surface area contributed by atoms with Gasteiger partial charge in [0.1, 0.15) is 5.75 Å². The molecule has 1 saturated heterocycles. The number of hydrogen-bond donors (Lipinski definition) is 2. The zero-order valence-corrected chi connectivity index (χ0v) is 15.3. The van der Waals surface area contributed by atoms with Crippen molar-refractivity contribution in [1.29, 1.82) is 0 Å². The first-order chi connectivity index (χ1) is 12.6. The van der Waals surface area contributed by atoms with Crippen LogP contribution in [0.4, 0.5) is 5.69 Å². The van der Waals surface area contributed by atoms with Crippen molar-refractivity contribution in [2.45, 2.75) is 5.50 Å². The van der Waals surface area contributed by atoms with Gasteiger partial charge in [0.05, 0.1) is 17.7 Å². The lowest BCUT2D eigenvalue weighted by atomic mass is 10.2. The SMILES string of the molecule is COc1ccc(Cl)cc1NC1NC(=O)/C(=C/c2ccc3c(c2)OCO3)S1. The van der Waals surface area contributed by atoms with Crippen LogP contribution in [-0.2, 0) is 4.79 Å². The molecule has 2 heterocycles. The van der Waals surface area contributed by atoms with E-state index in [1.165, 1.54) is 11.8 Å². The average molecular weight is 391 g/mol. The summed E-state index contributed by atoms with van der Waals surface area (Å²) in [5, 5.41) is 6.69. The molecule has 0 aliphatic carbocycles. The summed E-state index contributed by atoms with van der Waals surface area (Å²) < 4.78 is 16.0. The first-order valence-electron chi connectivity index (χ1n) is 7.81. The largest absolute Gasteiger partial charge is 0.495 e. The van der Waals surface area contributed by atoms with Crippen LogP contribution in [0.3, 0.4) is 0 Å². The molecule has 2 N–H and O–H groups in total. The normalized spacial score (nSPS) is 19.5. The number of carbonyl (C=O) groups is 1. The first kappa shape index (κ1) is 16.9. The molecule has 1 atom stereocenters. The Morgan fingerprint density at radius 3 is 2.96 bits per heavy atom. The average Bonchev–Trinajstić information content (AvgIpc) is 3.21. The van der Waals surface area contributed by atoms with Crippen LogP contribution >= 0.6 is 23.4 Å². The third-order valence-electron chi connectivity index (χ3n) is 3.87. The Bertz CT molecular complexity index is 903. The number of ether oxygens (including phenoxy) is 3. The van der Waals surface area contributed by atoms with E-state index in [9.17, 15) is 4.79 Å². The number of fused-ring (bicyclic) bond motifs is 1. The minimum absolute atomic E-state index is 0.147. The molecule has 4 rings (SSSR count). The molecule has 0 bridgehead atoms. The van der Waals surface area contributed by atoms with Gasteiger partial charge < -0.3 is 24.8 Å². The second-order valence-electron chi connectivity index (χ2n) is 5.58. The van der Waals surface area contributed by atoms with Crippen molar-refractivity contribution in [3.63, 3.8) is 0 Å². The minimum Gasteiger partial charge on any atom is -0.495 e. The Morgan fingerprint density at radius 2 is 2.12 bits per heavy atom. The molecular weight excluding hydrogens is 376 g/mol. The molecule has 0 aromatic heterocycles. The number of halogens is 1. The van der Waals surface area contributed by atoms with E-state index in [0.717, 1.165) is 5.56 Å². The van der Waals surface area contributed by atoms with Gasteiger partial charge in [-0.05, 0) is 42.0 Å². The number of nitrogens with one attached hydrogen (secondary N) is 2. The van der Waals surface area contributed by atoms with Gasteiger partial charge >= 0.3 is 0 Å². The molecule has 6 nitrogen and oxygen atoms in total. The summed E-state index contributed by atoms with van der Waals surface area (Å²) in [6.07, 6.45) is 1.82. The van der Waals surface area contributed by atoms with Crippen LogP contribution in [0, 0.1) is 0 Å². The van der Waals surface area contributed by atoms with Gasteiger partial charge in [0.25, 0.3) is 5.91 Å². The Hall–Kier alpha value is -2.51. The molecule has 1 fully saturated rings. The van der Waals surface area contributed by atoms with E-state index in [1.54, 1.807) is 25.3 Å². The summed E-state index contributed by atoms with van der Waals surface area (Å²) in [6.45, 7) is 0.220. The molecule has 0 spiro atoms. The van der Waals surface area contributed by atoms with Crippen LogP contribution in [0.1, 0.15) is 5.56 Å². The monoisotopic (exact) mass is 390 g/mol. The van der Waals surface area contributed by atoms with E-state index in [1.807, 2.05) is 24.3 Å². The fourth-order valence-corrected chi connectivity index (χ4v) is 3.80. The topological polar surface area (TPSA) is 68.8 Å². The second-order valence-corrected chi connectivity index (χ2v) is 7.16. The van der Waals surface area contributed by atoms with Crippen molar-refractivity contribution in [3.05, 3.63) is 51.9 Å². The predicted molar refractivity (Wildman–Crippen MR) is 102 cm³/mol. The van der Waals surface area contributed by atoms with Crippen molar-refractivity contribution in [1.82, 2.24) is 5.32 Å². The number of hydrogen-bond acceptors (Lipinski definition) is 6. The number of benzene rings is 2. The van der Waals surface area contributed by atoms with Crippen molar-refractivity contribution in [3.8, 4) is 17.2 Å². The molecule has 0 radical (unpaired) electrons. The quantitative estimate of drug-likeness (QED) is 0.776. The summed E-state index contributed by atoms with van der Waals surface area (Å²) in [4.78, 5) is 12.9. The number of anilines is 1. The van der Waals surface area contributed by atoms with E-state index in [-0.39, 0.29) is 18.2 Å². The zero-order chi connectivity index (χ0) is 18.1. The third kappa shape index (κ3) is 3.40. The van der Waals surface area contributed by atoms with Crippen molar-refractivity contribution in [2.24, 2.45) is 0 Å². The molecule has 2 aromatic carbocycles. The minimum atomic E-state index is -0.324. The number of thioether (sulfide) groups is 1.